The Balaban J connectivity index is 1.52. The predicted molar refractivity (Wildman–Crippen MR) is 93.1 cm³/mol. The van der Waals surface area contributed by atoms with E-state index in [-0.39, 0.29) is 23.4 Å². The SMILES string of the molecule is Cc1nc(C2CC(NC(=O)Cc3ccc(C)c(C)c3)C2)cc(=O)[nH]1. The third-order valence-corrected chi connectivity index (χ3v) is 4.74. The highest BCUT2D eigenvalue weighted by Crippen LogP contribution is 2.35. The van der Waals surface area contributed by atoms with Gasteiger partial charge in [-0.25, -0.2) is 4.98 Å². The van der Waals surface area contributed by atoms with Gasteiger partial charge < -0.3 is 10.3 Å². The van der Waals surface area contributed by atoms with Crippen molar-refractivity contribution in [1.82, 2.24) is 15.3 Å². The van der Waals surface area contributed by atoms with E-state index >= 15 is 0 Å². The Labute approximate surface area is 141 Å². The Kier molecular flexibility index (Phi) is 4.51. The van der Waals surface area contributed by atoms with Crippen LogP contribution in [0, 0.1) is 20.8 Å². The van der Waals surface area contributed by atoms with E-state index in [0.29, 0.717) is 12.2 Å². The largest absolute Gasteiger partial charge is 0.353 e. The van der Waals surface area contributed by atoms with E-state index in [4.69, 9.17) is 0 Å². The number of carbonyl (C=O) groups excluding carboxylic acids is 1. The maximum absolute atomic E-state index is 12.2. The van der Waals surface area contributed by atoms with Crippen LogP contribution in [-0.4, -0.2) is 21.9 Å². The van der Waals surface area contributed by atoms with Crippen molar-refractivity contribution in [2.45, 2.75) is 52.0 Å². The number of aromatic nitrogens is 2. The Morgan fingerprint density at radius 3 is 2.62 bits per heavy atom. The number of H-pyrrole nitrogens is 1. The molecule has 0 saturated heterocycles. The van der Waals surface area contributed by atoms with E-state index in [2.05, 4.69) is 41.3 Å². The monoisotopic (exact) mass is 325 g/mol. The summed E-state index contributed by atoms with van der Waals surface area (Å²) in [6.45, 7) is 5.91. The van der Waals surface area contributed by atoms with Crippen molar-refractivity contribution in [2.24, 2.45) is 0 Å². The smallest absolute Gasteiger partial charge is 0.251 e. The van der Waals surface area contributed by atoms with Crippen LogP contribution in [0.3, 0.4) is 0 Å². The average Bonchev–Trinajstić information content (AvgIpc) is 2.45. The Morgan fingerprint density at radius 1 is 1.21 bits per heavy atom. The summed E-state index contributed by atoms with van der Waals surface area (Å²) < 4.78 is 0. The molecule has 1 saturated carbocycles. The fourth-order valence-electron chi connectivity index (χ4n) is 3.17. The maximum atomic E-state index is 12.2. The zero-order valence-corrected chi connectivity index (χ0v) is 14.3. The summed E-state index contributed by atoms with van der Waals surface area (Å²) in [6, 6.07) is 7.87. The predicted octanol–water partition coefficient (Wildman–Crippen LogP) is 2.30. The van der Waals surface area contributed by atoms with Crippen molar-refractivity contribution in [1.29, 1.82) is 0 Å². The second-order valence-corrected chi connectivity index (χ2v) is 6.78. The zero-order valence-electron chi connectivity index (χ0n) is 14.3. The fraction of sp³-hybridized carbons (Fsp3) is 0.421. The van der Waals surface area contributed by atoms with Crippen LogP contribution < -0.4 is 10.9 Å². The molecule has 0 bridgehead atoms. The molecule has 1 heterocycles. The molecule has 1 aliphatic carbocycles. The quantitative estimate of drug-likeness (QED) is 0.906. The van der Waals surface area contributed by atoms with Crippen LogP contribution in [0.15, 0.2) is 29.1 Å². The Bertz CT molecular complexity index is 820. The molecule has 2 N–H and O–H groups in total. The highest BCUT2D eigenvalue weighted by Gasteiger charge is 2.32. The van der Waals surface area contributed by atoms with E-state index in [9.17, 15) is 9.59 Å². The first-order valence-electron chi connectivity index (χ1n) is 8.34. The van der Waals surface area contributed by atoms with Crippen LogP contribution in [0.4, 0.5) is 0 Å². The minimum Gasteiger partial charge on any atom is -0.353 e. The molecule has 0 atom stereocenters. The molecule has 3 rings (SSSR count). The van der Waals surface area contributed by atoms with Gasteiger partial charge in [0.2, 0.25) is 5.91 Å². The van der Waals surface area contributed by atoms with Crippen LogP contribution in [0.2, 0.25) is 0 Å². The maximum Gasteiger partial charge on any atom is 0.251 e. The van der Waals surface area contributed by atoms with Crippen molar-refractivity contribution in [3.05, 3.63) is 62.8 Å². The fourth-order valence-corrected chi connectivity index (χ4v) is 3.17. The molecule has 0 spiro atoms. The number of carbonyl (C=O) groups is 1. The summed E-state index contributed by atoms with van der Waals surface area (Å²) in [5.41, 5.74) is 4.20. The Morgan fingerprint density at radius 2 is 1.96 bits per heavy atom. The molecule has 24 heavy (non-hydrogen) atoms. The molecule has 0 aliphatic heterocycles. The van der Waals surface area contributed by atoms with Crippen molar-refractivity contribution in [2.75, 3.05) is 0 Å². The molecule has 1 aliphatic rings. The lowest BCUT2D eigenvalue weighted by atomic mass is 9.78. The van der Waals surface area contributed by atoms with E-state index in [1.165, 1.54) is 11.1 Å². The number of amides is 1. The van der Waals surface area contributed by atoms with Gasteiger partial charge in [-0.05, 0) is 50.3 Å². The molecule has 1 aromatic carbocycles. The number of rotatable bonds is 4. The number of aryl methyl sites for hydroxylation is 3. The third-order valence-electron chi connectivity index (χ3n) is 4.74. The van der Waals surface area contributed by atoms with Gasteiger partial charge in [-0.3, -0.25) is 9.59 Å². The molecule has 1 amide bonds. The molecule has 126 valence electrons. The number of hydrogen-bond donors (Lipinski definition) is 2. The van der Waals surface area contributed by atoms with Gasteiger partial charge in [0, 0.05) is 18.0 Å². The van der Waals surface area contributed by atoms with Crippen molar-refractivity contribution >= 4 is 5.91 Å². The minimum absolute atomic E-state index is 0.0525. The molecule has 1 fully saturated rings. The first kappa shape index (κ1) is 16.4. The van der Waals surface area contributed by atoms with Crippen LogP contribution >= 0.6 is 0 Å². The highest BCUT2D eigenvalue weighted by atomic mass is 16.1. The first-order chi connectivity index (χ1) is 11.4. The summed E-state index contributed by atoms with van der Waals surface area (Å²) in [5.74, 6) is 0.953. The van der Waals surface area contributed by atoms with Gasteiger partial charge in [-0.15, -0.1) is 0 Å². The van der Waals surface area contributed by atoms with E-state index in [1.54, 1.807) is 13.0 Å². The van der Waals surface area contributed by atoms with Gasteiger partial charge in [-0.2, -0.15) is 0 Å². The number of hydrogen-bond acceptors (Lipinski definition) is 3. The zero-order chi connectivity index (χ0) is 17.3. The Hall–Kier alpha value is -2.43. The van der Waals surface area contributed by atoms with E-state index in [0.717, 1.165) is 24.1 Å². The number of nitrogens with zero attached hydrogens (tertiary/aromatic N) is 1. The molecule has 5 heteroatoms. The second-order valence-electron chi connectivity index (χ2n) is 6.78. The van der Waals surface area contributed by atoms with Gasteiger partial charge in [0.25, 0.3) is 5.56 Å². The van der Waals surface area contributed by atoms with Crippen LogP contribution in [0.5, 0.6) is 0 Å². The second kappa shape index (κ2) is 6.59. The molecule has 1 aromatic heterocycles. The lowest BCUT2D eigenvalue weighted by Gasteiger charge is -2.35. The summed E-state index contributed by atoms with van der Waals surface area (Å²) in [4.78, 5) is 30.7. The van der Waals surface area contributed by atoms with Crippen molar-refractivity contribution in [3.63, 3.8) is 0 Å². The van der Waals surface area contributed by atoms with E-state index in [1.807, 2.05) is 6.07 Å². The minimum atomic E-state index is -0.111. The van der Waals surface area contributed by atoms with Gasteiger partial charge in [0.1, 0.15) is 5.82 Å². The van der Waals surface area contributed by atoms with Gasteiger partial charge in [0.05, 0.1) is 12.1 Å². The van der Waals surface area contributed by atoms with Crippen LogP contribution in [0.1, 0.15) is 47.0 Å². The lowest BCUT2D eigenvalue weighted by Crippen LogP contribution is -2.44. The highest BCUT2D eigenvalue weighted by molar-refractivity contribution is 5.79. The molecular formula is C19H23N3O2. The summed E-state index contributed by atoms with van der Waals surface area (Å²) >= 11 is 0. The van der Waals surface area contributed by atoms with Gasteiger partial charge in [0.15, 0.2) is 0 Å². The van der Waals surface area contributed by atoms with Gasteiger partial charge in [-0.1, -0.05) is 18.2 Å². The topological polar surface area (TPSA) is 74.8 Å². The molecular weight excluding hydrogens is 302 g/mol. The molecule has 2 aromatic rings. The van der Waals surface area contributed by atoms with Crippen molar-refractivity contribution in [3.8, 4) is 0 Å². The van der Waals surface area contributed by atoms with Crippen LogP contribution in [0.25, 0.3) is 0 Å². The summed E-state index contributed by atoms with van der Waals surface area (Å²) in [5, 5.41) is 3.08. The van der Waals surface area contributed by atoms with Crippen molar-refractivity contribution < 1.29 is 4.79 Å². The normalized spacial score (nSPS) is 19.6. The number of aromatic amines is 1. The molecule has 0 radical (unpaired) electrons. The lowest BCUT2D eigenvalue weighted by molar-refractivity contribution is -0.121. The average molecular weight is 325 g/mol. The van der Waals surface area contributed by atoms with Crippen LogP contribution in [-0.2, 0) is 11.2 Å². The number of benzene rings is 1. The molecule has 5 nitrogen and oxygen atoms in total. The standard InChI is InChI=1S/C19H23N3O2/c1-11-4-5-14(6-12(11)2)7-18(23)22-16-8-15(9-16)17-10-19(24)21-13(3)20-17/h4-6,10,15-16H,7-9H2,1-3H3,(H,22,23)(H,20,21,24). The first-order valence-corrected chi connectivity index (χ1v) is 8.34. The third kappa shape index (κ3) is 3.72. The van der Waals surface area contributed by atoms with Gasteiger partial charge >= 0.3 is 0 Å². The molecule has 0 unspecified atom stereocenters. The summed E-state index contributed by atoms with van der Waals surface area (Å²) in [7, 11) is 0. The van der Waals surface area contributed by atoms with E-state index < -0.39 is 0 Å². The number of nitrogens with one attached hydrogen (secondary N) is 2. The summed E-state index contributed by atoms with van der Waals surface area (Å²) in [6.07, 6.45) is 2.09.